The van der Waals surface area contributed by atoms with Gasteiger partial charge in [0.25, 0.3) is 5.56 Å². The van der Waals surface area contributed by atoms with Crippen LogP contribution in [-0.2, 0) is 20.1 Å². The molecule has 1 aliphatic rings. The SMILES string of the molecule is CC(O)c1ccccc1C(=O)Cn1c(=O)c2c(nc(N3CCCC(N)C3)n2Cc2ccccc2Br)n(C)c1=O. The number of imidazole rings is 1. The zero-order valence-electron chi connectivity index (χ0n) is 21.9. The standard InChI is InChI=1S/C28H31BrN6O4/c1-17(36)20-10-4-5-11-21(20)23(37)16-35-26(38)24-25(32(2)28(35)39)31-27(33-13-7-9-19(30)15-33)34(24)14-18-8-3-6-12-22(18)29/h3-6,8,10-12,17,19,36H,7,9,13-16,30H2,1-2H3. The molecule has 3 N–H and O–H groups in total. The quantitative estimate of drug-likeness (QED) is 0.315. The Hall–Kier alpha value is -3.54. The summed E-state index contributed by atoms with van der Waals surface area (Å²) >= 11 is 3.60. The molecule has 1 fully saturated rings. The third-order valence-electron chi connectivity index (χ3n) is 7.25. The molecule has 2 aromatic carbocycles. The van der Waals surface area contributed by atoms with Gasteiger partial charge >= 0.3 is 5.69 Å². The van der Waals surface area contributed by atoms with Gasteiger partial charge in [-0.05, 0) is 37.0 Å². The van der Waals surface area contributed by atoms with Crippen molar-refractivity contribution < 1.29 is 9.90 Å². The smallest absolute Gasteiger partial charge is 0.332 e. The number of halogens is 1. The Morgan fingerprint density at radius 3 is 2.59 bits per heavy atom. The van der Waals surface area contributed by atoms with Crippen LogP contribution in [0.2, 0.25) is 0 Å². The molecule has 10 nitrogen and oxygen atoms in total. The molecule has 2 aromatic heterocycles. The Kier molecular flexibility index (Phi) is 7.57. The van der Waals surface area contributed by atoms with Crippen molar-refractivity contribution in [1.82, 2.24) is 18.7 Å². The summed E-state index contributed by atoms with van der Waals surface area (Å²) < 4.78 is 4.96. The van der Waals surface area contributed by atoms with Crippen molar-refractivity contribution in [1.29, 1.82) is 0 Å². The average Bonchev–Trinajstić information content (AvgIpc) is 3.30. The van der Waals surface area contributed by atoms with Crippen LogP contribution >= 0.6 is 15.9 Å². The van der Waals surface area contributed by atoms with Gasteiger partial charge in [-0.2, -0.15) is 4.98 Å². The summed E-state index contributed by atoms with van der Waals surface area (Å²) in [5.41, 5.74) is 7.17. The number of piperidine rings is 1. The highest BCUT2D eigenvalue weighted by Crippen LogP contribution is 2.26. The van der Waals surface area contributed by atoms with Gasteiger partial charge in [0, 0.05) is 36.2 Å². The number of aryl methyl sites for hydroxylation is 1. The molecule has 1 saturated heterocycles. The first-order valence-electron chi connectivity index (χ1n) is 12.9. The van der Waals surface area contributed by atoms with E-state index >= 15 is 0 Å². The molecule has 11 heteroatoms. The monoisotopic (exact) mass is 594 g/mol. The Morgan fingerprint density at radius 2 is 1.87 bits per heavy atom. The molecule has 4 aromatic rings. The number of carbonyl (C=O) groups is 1. The van der Waals surface area contributed by atoms with Crippen LogP contribution in [0.25, 0.3) is 11.2 Å². The number of carbonyl (C=O) groups excluding carboxylic acids is 1. The van der Waals surface area contributed by atoms with Crippen molar-refractivity contribution in [2.24, 2.45) is 12.8 Å². The molecule has 2 unspecified atom stereocenters. The molecule has 2 atom stereocenters. The van der Waals surface area contributed by atoms with Crippen LogP contribution in [-0.4, -0.2) is 48.7 Å². The number of aromatic nitrogens is 4. The van der Waals surface area contributed by atoms with Gasteiger partial charge in [0.1, 0.15) is 0 Å². The van der Waals surface area contributed by atoms with Crippen molar-refractivity contribution in [2.45, 2.75) is 45.0 Å². The zero-order chi connectivity index (χ0) is 27.8. The molecule has 5 rings (SSSR count). The highest BCUT2D eigenvalue weighted by Gasteiger charge is 2.27. The number of ketones is 1. The van der Waals surface area contributed by atoms with E-state index in [4.69, 9.17) is 10.7 Å². The zero-order valence-corrected chi connectivity index (χ0v) is 23.5. The lowest BCUT2D eigenvalue weighted by Crippen LogP contribution is -2.44. The molecule has 204 valence electrons. The molecule has 3 heterocycles. The summed E-state index contributed by atoms with van der Waals surface area (Å²) in [5, 5.41) is 10.1. The fraction of sp³-hybridized carbons (Fsp3) is 0.357. The van der Waals surface area contributed by atoms with Gasteiger partial charge < -0.3 is 15.7 Å². The number of benzene rings is 2. The normalized spacial score (nSPS) is 16.5. The lowest BCUT2D eigenvalue weighted by molar-refractivity contribution is 0.0962. The summed E-state index contributed by atoms with van der Waals surface area (Å²) in [6, 6.07) is 14.4. The molecule has 0 saturated carbocycles. The molecule has 1 aliphatic heterocycles. The first-order chi connectivity index (χ1) is 18.7. The van der Waals surface area contributed by atoms with Gasteiger partial charge in [-0.1, -0.05) is 58.4 Å². The minimum atomic E-state index is -0.878. The number of fused-ring (bicyclic) bond motifs is 1. The van der Waals surface area contributed by atoms with Crippen molar-refractivity contribution in [2.75, 3.05) is 18.0 Å². The van der Waals surface area contributed by atoms with Crippen molar-refractivity contribution >= 4 is 38.8 Å². The molecule has 0 spiro atoms. The predicted octanol–water partition coefficient (Wildman–Crippen LogP) is 2.57. The van der Waals surface area contributed by atoms with Gasteiger partial charge in [-0.25, -0.2) is 4.79 Å². The van der Waals surface area contributed by atoms with Crippen molar-refractivity contribution in [3.8, 4) is 0 Å². The number of rotatable bonds is 7. The van der Waals surface area contributed by atoms with Crippen LogP contribution in [0.4, 0.5) is 5.95 Å². The van der Waals surface area contributed by atoms with Gasteiger partial charge in [0.2, 0.25) is 5.95 Å². The number of nitrogens with two attached hydrogens (primary N) is 1. The third-order valence-corrected chi connectivity index (χ3v) is 8.03. The van der Waals surface area contributed by atoms with E-state index in [-0.39, 0.29) is 22.8 Å². The minimum Gasteiger partial charge on any atom is -0.389 e. The van der Waals surface area contributed by atoms with Gasteiger partial charge in [-0.15, -0.1) is 0 Å². The molecule has 0 amide bonds. The summed E-state index contributed by atoms with van der Waals surface area (Å²) in [4.78, 5) is 47.5. The van der Waals surface area contributed by atoms with E-state index in [1.807, 2.05) is 28.8 Å². The summed E-state index contributed by atoms with van der Waals surface area (Å²) in [5.74, 6) is 0.121. The number of Topliss-reactive ketones (excluding diaryl/α,β-unsaturated/α-hetero) is 1. The maximum Gasteiger partial charge on any atom is 0.332 e. The Bertz CT molecular complexity index is 1670. The first kappa shape index (κ1) is 27.0. The van der Waals surface area contributed by atoms with E-state index in [2.05, 4.69) is 20.8 Å². The highest BCUT2D eigenvalue weighted by molar-refractivity contribution is 9.10. The molecule has 0 aliphatic carbocycles. The topological polar surface area (TPSA) is 128 Å². The summed E-state index contributed by atoms with van der Waals surface area (Å²) in [6.07, 6.45) is 0.915. The largest absolute Gasteiger partial charge is 0.389 e. The first-order valence-corrected chi connectivity index (χ1v) is 13.7. The van der Waals surface area contributed by atoms with Crippen molar-refractivity contribution in [3.63, 3.8) is 0 Å². The minimum absolute atomic E-state index is 0.0254. The maximum absolute atomic E-state index is 14.0. The van der Waals surface area contributed by atoms with Gasteiger partial charge in [0.15, 0.2) is 16.9 Å². The fourth-order valence-corrected chi connectivity index (χ4v) is 5.63. The third kappa shape index (κ3) is 5.09. The van der Waals surface area contributed by atoms with Crippen molar-refractivity contribution in [3.05, 3.63) is 90.5 Å². The van der Waals surface area contributed by atoms with Crippen LogP contribution < -0.4 is 21.9 Å². The van der Waals surface area contributed by atoms with Crippen LogP contribution in [0.1, 0.15) is 47.4 Å². The highest BCUT2D eigenvalue weighted by atomic mass is 79.9. The van der Waals surface area contributed by atoms with E-state index in [1.165, 1.54) is 4.57 Å². The maximum atomic E-state index is 14.0. The van der Waals surface area contributed by atoms with E-state index in [0.717, 1.165) is 34.0 Å². The number of hydrogen-bond acceptors (Lipinski definition) is 7. The lowest BCUT2D eigenvalue weighted by Gasteiger charge is -2.32. The molecule has 0 radical (unpaired) electrons. The van der Waals surface area contributed by atoms with E-state index in [0.29, 0.717) is 24.6 Å². The second kappa shape index (κ2) is 10.9. The molecule has 39 heavy (non-hydrogen) atoms. The number of aliphatic hydroxyl groups is 1. The lowest BCUT2D eigenvalue weighted by atomic mass is 10.00. The van der Waals surface area contributed by atoms with Gasteiger partial charge in [-0.3, -0.25) is 23.3 Å². The molecular formula is C28H31BrN6O4. The Labute approximate surface area is 233 Å². The predicted molar refractivity (Wildman–Crippen MR) is 153 cm³/mol. The average molecular weight is 595 g/mol. The molecular weight excluding hydrogens is 564 g/mol. The second-order valence-corrected chi connectivity index (χ2v) is 10.9. The summed E-state index contributed by atoms with van der Waals surface area (Å²) in [6.45, 7) is 2.73. The fourth-order valence-electron chi connectivity index (χ4n) is 5.22. The number of aliphatic hydroxyl groups excluding tert-OH is 1. The number of hydrogen-bond donors (Lipinski definition) is 2. The number of nitrogens with zero attached hydrogens (tertiary/aromatic N) is 5. The van der Waals surface area contributed by atoms with Crippen LogP contribution in [0.5, 0.6) is 0 Å². The van der Waals surface area contributed by atoms with E-state index < -0.39 is 29.7 Å². The second-order valence-electron chi connectivity index (χ2n) is 10.0. The van der Waals surface area contributed by atoms with Gasteiger partial charge in [0.05, 0.1) is 19.2 Å². The van der Waals surface area contributed by atoms with Crippen LogP contribution in [0, 0.1) is 0 Å². The van der Waals surface area contributed by atoms with E-state index in [9.17, 15) is 19.5 Å². The number of anilines is 1. The Morgan fingerprint density at radius 1 is 1.15 bits per heavy atom. The molecule has 0 bridgehead atoms. The Balaban J connectivity index is 1.69. The van der Waals surface area contributed by atoms with Crippen LogP contribution in [0.15, 0.2) is 62.6 Å². The van der Waals surface area contributed by atoms with Crippen LogP contribution in [0.3, 0.4) is 0 Å². The van der Waals surface area contributed by atoms with E-state index in [1.54, 1.807) is 38.2 Å². The summed E-state index contributed by atoms with van der Waals surface area (Å²) in [7, 11) is 1.55.